The van der Waals surface area contributed by atoms with Crippen LogP contribution in [0.25, 0.3) is 22.2 Å². The smallest absolute Gasteiger partial charge is 0.387 e. The molecule has 2 heterocycles. The number of halogens is 3. The van der Waals surface area contributed by atoms with Crippen molar-refractivity contribution >= 4 is 32.5 Å². The lowest BCUT2D eigenvalue weighted by molar-refractivity contribution is -0.0494. The van der Waals surface area contributed by atoms with Gasteiger partial charge in [-0.25, -0.2) is 13.4 Å². The first-order valence-corrected chi connectivity index (χ1v) is 16.7. The van der Waals surface area contributed by atoms with Gasteiger partial charge in [0, 0.05) is 30.1 Å². The Bertz CT molecular complexity index is 1670. The van der Waals surface area contributed by atoms with Crippen molar-refractivity contribution in [1.29, 1.82) is 0 Å². The Balaban J connectivity index is 1.31. The minimum absolute atomic E-state index is 0.0345. The molecule has 0 amide bonds. The molecule has 1 unspecified atom stereocenters. The molecule has 3 aromatic carbocycles. The Morgan fingerprint density at radius 1 is 1.05 bits per heavy atom. The summed E-state index contributed by atoms with van der Waals surface area (Å²) in [6, 6.07) is 17.3. The van der Waals surface area contributed by atoms with Crippen LogP contribution < -0.4 is 4.74 Å². The molecule has 0 spiro atoms. The number of nitrogens with zero attached hydrogens (tertiary/aromatic N) is 2. The van der Waals surface area contributed by atoms with Crippen molar-refractivity contribution in [3.05, 3.63) is 77.1 Å². The van der Waals surface area contributed by atoms with Gasteiger partial charge in [0.05, 0.1) is 39.9 Å². The quantitative estimate of drug-likeness (QED) is 0.183. The Morgan fingerprint density at radius 3 is 2.51 bits per heavy atom. The number of H-pyrrole nitrogens is 1. The maximum atomic E-state index is 13.1. The number of rotatable bonds is 12. The Labute approximate surface area is 255 Å². The van der Waals surface area contributed by atoms with E-state index >= 15 is 0 Å². The number of sulfone groups is 1. The van der Waals surface area contributed by atoms with Crippen LogP contribution in [0.3, 0.4) is 0 Å². The summed E-state index contributed by atoms with van der Waals surface area (Å²) in [4.78, 5) is 11.1. The number of hydrogen-bond donors (Lipinski definition) is 1. The predicted molar refractivity (Wildman–Crippen MR) is 163 cm³/mol. The number of benzene rings is 3. The largest absolute Gasteiger partial charge is 0.434 e. The van der Waals surface area contributed by atoms with Gasteiger partial charge in [0.15, 0.2) is 9.84 Å². The summed E-state index contributed by atoms with van der Waals surface area (Å²) in [7, 11) is -3.32. The highest BCUT2D eigenvalue weighted by molar-refractivity contribution is 7.91. The molecule has 0 bridgehead atoms. The van der Waals surface area contributed by atoms with Crippen LogP contribution in [0.5, 0.6) is 5.75 Å². The Kier molecular flexibility index (Phi) is 9.00. The van der Waals surface area contributed by atoms with Crippen molar-refractivity contribution in [3.8, 4) is 16.9 Å². The summed E-state index contributed by atoms with van der Waals surface area (Å²) in [6.45, 7) is 1.23. The fraction of sp³-hybridized carbons (Fsp3) is 0.406. The van der Waals surface area contributed by atoms with Crippen molar-refractivity contribution in [2.75, 3.05) is 38.6 Å². The molecule has 1 atom stereocenters. The van der Waals surface area contributed by atoms with E-state index in [-0.39, 0.29) is 23.3 Å². The molecule has 1 saturated carbocycles. The number of aromatic amines is 1. The van der Waals surface area contributed by atoms with Gasteiger partial charge in [-0.15, -0.1) is 0 Å². The number of para-hydroxylation sites is 1. The average Bonchev–Trinajstić information content (AvgIpc) is 3.71. The van der Waals surface area contributed by atoms with Crippen molar-refractivity contribution in [1.82, 2.24) is 14.9 Å². The first-order valence-electron chi connectivity index (χ1n) is 14.6. The normalized spacial score (nSPS) is 17.0. The molecule has 11 heteroatoms. The number of ether oxygens (including phenoxy) is 2. The van der Waals surface area contributed by atoms with E-state index in [1.807, 2.05) is 12.1 Å². The maximum absolute atomic E-state index is 13.1. The van der Waals surface area contributed by atoms with Gasteiger partial charge in [-0.2, -0.15) is 8.78 Å². The topological polar surface area (TPSA) is 84.5 Å². The standard InChI is InChI=1S/C32H34ClF2N3O4S/c33-27-19-29-28(18-26(27)25-4-1-2-6-30(25)42-32(34)35)36-31(37-29)24(5-3-13-38-14-16-41-17-15-38)22-9-11-23(12-10-22)43(39,40)20-21-7-8-21/h1-2,4,6,9-12,18-19,21,24,32H,3,5,7-8,13-17,20H2,(H,36,37). The highest BCUT2D eigenvalue weighted by Gasteiger charge is 2.29. The summed E-state index contributed by atoms with van der Waals surface area (Å²) in [5.41, 5.74) is 3.32. The molecule has 2 aliphatic rings. The van der Waals surface area contributed by atoms with Crippen molar-refractivity contribution in [2.24, 2.45) is 5.92 Å². The molecule has 43 heavy (non-hydrogen) atoms. The van der Waals surface area contributed by atoms with Crippen LogP contribution >= 0.6 is 11.6 Å². The molecule has 4 aromatic rings. The van der Waals surface area contributed by atoms with Gasteiger partial charge < -0.3 is 14.5 Å². The lowest BCUT2D eigenvalue weighted by Gasteiger charge is -2.27. The molecule has 0 radical (unpaired) electrons. The SMILES string of the molecule is O=S(=O)(CC1CC1)c1ccc(C(CCCN2CCOCC2)c2nc3cc(-c4ccccc4OC(F)F)c(Cl)cc3[nH]2)cc1. The van der Waals surface area contributed by atoms with Crippen LogP contribution in [-0.2, 0) is 14.6 Å². The zero-order valence-electron chi connectivity index (χ0n) is 23.6. The van der Waals surface area contributed by atoms with Crippen molar-refractivity contribution < 1.29 is 26.7 Å². The summed E-state index contributed by atoms with van der Waals surface area (Å²) < 4.78 is 62.1. The fourth-order valence-corrected chi connectivity index (χ4v) is 7.68. The number of fused-ring (bicyclic) bond motifs is 1. The lowest BCUT2D eigenvalue weighted by Crippen LogP contribution is -2.36. The molecular weight excluding hydrogens is 596 g/mol. The third-order valence-electron chi connectivity index (χ3n) is 8.18. The third-order valence-corrected chi connectivity index (χ3v) is 10.4. The summed E-state index contributed by atoms with van der Waals surface area (Å²) in [6.07, 6.45) is 3.65. The summed E-state index contributed by atoms with van der Waals surface area (Å²) in [5, 5.41) is 0.377. The number of alkyl halides is 2. The molecule has 1 saturated heterocycles. The van der Waals surface area contributed by atoms with Gasteiger partial charge in [-0.1, -0.05) is 41.9 Å². The van der Waals surface area contributed by atoms with Gasteiger partial charge in [0.2, 0.25) is 0 Å². The molecular formula is C32H34ClF2N3O4S. The number of imidazole rings is 1. The van der Waals surface area contributed by atoms with E-state index in [1.165, 1.54) is 6.07 Å². The van der Waals surface area contributed by atoms with E-state index in [0.717, 1.165) is 75.4 Å². The van der Waals surface area contributed by atoms with E-state index in [4.69, 9.17) is 26.1 Å². The highest BCUT2D eigenvalue weighted by Crippen LogP contribution is 2.39. The molecule has 1 aliphatic carbocycles. The lowest BCUT2D eigenvalue weighted by atomic mass is 9.93. The third kappa shape index (κ3) is 7.20. The maximum Gasteiger partial charge on any atom is 0.387 e. The fourth-order valence-electron chi connectivity index (χ4n) is 5.71. The van der Waals surface area contributed by atoms with Crippen molar-refractivity contribution in [3.63, 3.8) is 0 Å². The monoisotopic (exact) mass is 629 g/mol. The number of aromatic nitrogens is 2. The second-order valence-corrected chi connectivity index (χ2v) is 13.7. The zero-order chi connectivity index (χ0) is 30.0. The van der Waals surface area contributed by atoms with Gasteiger partial charge >= 0.3 is 6.61 Å². The minimum Gasteiger partial charge on any atom is -0.434 e. The van der Waals surface area contributed by atoms with E-state index in [1.54, 1.807) is 42.5 Å². The van der Waals surface area contributed by atoms with Crippen LogP contribution in [0.15, 0.2) is 65.6 Å². The van der Waals surface area contributed by atoms with Crippen LogP contribution in [-0.4, -0.2) is 68.5 Å². The van der Waals surface area contributed by atoms with Gasteiger partial charge in [0.25, 0.3) is 0 Å². The molecule has 1 N–H and O–H groups in total. The van der Waals surface area contributed by atoms with Gasteiger partial charge in [-0.05, 0) is 74.0 Å². The summed E-state index contributed by atoms with van der Waals surface area (Å²) >= 11 is 6.66. The minimum atomic E-state index is -3.32. The zero-order valence-corrected chi connectivity index (χ0v) is 25.2. The Hall–Kier alpha value is -3.05. The number of hydrogen-bond acceptors (Lipinski definition) is 6. The van der Waals surface area contributed by atoms with Crippen LogP contribution in [0.4, 0.5) is 8.78 Å². The van der Waals surface area contributed by atoms with Gasteiger partial charge in [-0.3, -0.25) is 4.90 Å². The second-order valence-electron chi connectivity index (χ2n) is 11.3. The highest BCUT2D eigenvalue weighted by atomic mass is 35.5. The first-order chi connectivity index (χ1) is 20.8. The van der Waals surface area contributed by atoms with Crippen LogP contribution in [0.2, 0.25) is 5.02 Å². The molecule has 1 aliphatic heterocycles. The van der Waals surface area contributed by atoms with Crippen molar-refractivity contribution in [2.45, 2.75) is 43.1 Å². The van der Waals surface area contributed by atoms with Crippen LogP contribution in [0, 0.1) is 5.92 Å². The Morgan fingerprint density at radius 2 is 1.79 bits per heavy atom. The predicted octanol–water partition coefficient (Wildman–Crippen LogP) is 6.91. The van der Waals surface area contributed by atoms with Crippen LogP contribution in [0.1, 0.15) is 43.0 Å². The van der Waals surface area contributed by atoms with E-state index in [0.29, 0.717) is 26.6 Å². The van der Waals surface area contributed by atoms with E-state index < -0.39 is 16.4 Å². The average molecular weight is 630 g/mol. The molecule has 2 fully saturated rings. The summed E-state index contributed by atoms with van der Waals surface area (Å²) in [5.74, 6) is 1.13. The molecule has 228 valence electrons. The van der Waals surface area contributed by atoms with E-state index in [2.05, 4.69) is 9.88 Å². The number of nitrogens with one attached hydrogen (secondary N) is 1. The first kappa shape index (κ1) is 30.0. The number of morpholine rings is 1. The van der Waals surface area contributed by atoms with Gasteiger partial charge in [0.1, 0.15) is 11.6 Å². The molecule has 7 nitrogen and oxygen atoms in total. The second kappa shape index (κ2) is 12.9. The molecule has 6 rings (SSSR count). The van der Waals surface area contributed by atoms with E-state index in [9.17, 15) is 17.2 Å². The molecule has 1 aromatic heterocycles.